The van der Waals surface area contributed by atoms with E-state index in [1.807, 2.05) is 0 Å². The van der Waals surface area contributed by atoms with E-state index in [2.05, 4.69) is 111 Å². The molecule has 0 amide bonds. The molecule has 1 unspecified atom stereocenters. The van der Waals surface area contributed by atoms with Crippen molar-refractivity contribution in [1.82, 2.24) is 0 Å². The number of esters is 1. The van der Waals surface area contributed by atoms with Gasteiger partial charge in [0.1, 0.15) is 6.10 Å². The van der Waals surface area contributed by atoms with Crippen molar-refractivity contribution >= 4 is 5.97 Å². The fourth-order valence-electron chi connectivity index (χ4n) is 4.32. The molecule has 1 atom stereocenters. The lowest BCUT2D eigenvalue weighted by Crippen LogP contribution is -2.27. The Labute approximate surface area is 277 Å². The zero-order chi connectivity index (χ0) is 32.7. The minimum absolute atomic E-state index is 0.206. The maximum Gasteiger partial charge on any atom is 0.306 e. The van der Waals surface area contributed by atoms with Crippen molar-refractivity contribution < 1.29 is 19.4 Å². The zero-order valence-corrected chi connectivity index (χ0v) is 28.8. The number of ether oxygens (including phenoxy) is 2. The van der Waals surface area contributed by atoms with E-state index >= 15 is 0 Å². The zero-order valence-electron chi connectivity index (χ0n) is 28.8. The molecule has 0 heterocycles. The molecule has 0 bridgehead atoms. The number of carbonyl (C=O) groups excluding carboxylic acids is 1. The molecule has 0 aromatic rings. The van der Waals surface area contributed by atoms with Crippen LogP contribution < -0.4 is 0 Å². The molecule has 0 aliphatic rings. The Balaban J connectivity index is 3.62. The van der Waals surface area contributed by atoms with Crippen LogP contribution in [0.2, 0.25) is 0 Å². The van der Waals surface area contributed by atoms with Crippen LogP contribution in [0.15, 0.2) is 97.2 Å². The second kappa shape index (κ2) is 37.5. The summed E-state index contributed by atoms with van der Waals surface area (Å²) < 4.78 is 11.0. The fraction of sp³-hybridized carbons (Fsp3) is 0.585. The van der Waals surface area contributed by atoms with Crippen molar-refractivity contribution in [2.45, 2.75) is 136 Å². The Bertz CT molecular complexity index is 872. The molecular weight excluding hydrogens is 556 g/mol. The Kier molecular flexibility index (Phi) is 35.3. The summed E-state index contributed by atoms with van der Waals surface area (Å²) >= 11 is 0. The first-order valence-electron chi connectivity index (χ1n) is 17.8. The lowest BCUT2D eigenvalue weighted by Gasteiger charge is -2.15. The number of allylic oxidation sites excluding steroid dienone is 16. The summed E-state index contributed by atoms with van der Waals surface area (Å²) in [5.41, 5.74) is 0. The van der Waals surface area contributed by atoms with E-state index < -0.39 is 6.10 Å². The molecule has 45 heavy (non-hydrogen) atoms. The van der Waals surface area contributed by atoms with Gasteiger partial charge in [0.15, 0.2) is 0 Å². The SMILES string of the molecule is CC/C=C\C/C=C\C/C=C\C/C=C\CCCCCCCCC(=O)OC(CO)COCCC/C=C\C/C=C\C/C=C\C/C=C\CC. The van der Waals surface area contributed by atoms with Crippen LogP contribution in [0.5, 0.6) is 0 Å². The molecule has 0 saturated heterocycles. The van der Waals surface area contributed by atoms with Crippen LogP contribution in [0.4, 0.5) is 0 Å². The second-order valence-electron chi connectivity index (χ2n) is 11.2. The summed E-state index contributed by atoms with van der Waals surface area (Å²) in [6.45, 7) is 4.94. The predicted octanol–water partition coefficient (Wildman–Crippen LogP) is 11.4. The normalized spacial score (nSPS) is 13.6. The Hall–Kier alpha value is -2.69. The van der Waals surface area contributed by atoms with Crippen LogP contribution >= 0.6 is 0 Å². The molecule has 0 saturated carbocycles. The highest BCUT2D eigenvalue weighted by Gasteiger charge is 2.13. The molecule has 0 fully saturated rings. The molecule has 0 radical (unpaired) electrons. The van der Waals surface area contributed by atoms with Gasteiger partial charge in [0.2, 0.25) is 0 Å². The molecule has 4 heteroatoms. The molecule has 254 valence electrons. The van der Waals surface area contributed by atoms with Crippen LogP contribution in [0.1, 0.15) is 129 Å². The van der Waals surface area contributed by atoms with Crippen LogP contribution in [0, 0.1) is 0 Å². The summed E-state index contributed by atoms with van der Waals surface area (Å²) in [7, 11) is 0. The summed E-state index contributed by atoms with van der Waals surface area (Å²) in [6.07, 6.45) is 53.1. The van der Waals surface area contributed by atoms with Crippen LogP contribution in [-0.2, 0) is 14.3 Å². The number of rotatable bonds is 31. The highest BCUT2D eigenvalue weighted by atomic mass is 16.6. The van der Waals surface area contributed by atoms with E-state index in [9.17, 15) is 9.90 Å². The second-order valence-corrected chi connectivity index (χ2v) is 11.2. The van der Waals surface area contributed by atoms with E-state index in [-0.39, 0.29) is 19.2 Å². The van der Waals surface area contributed by atoms with Gasteiger partial charge in [-0.15, -0.1) is 0 Å². The van der Waals surface area contributed by atoms with Gasteiger partial charge in [-0.3, -0.25) is 4.79 Å². The van der Waals surface area contributed by atoms with Gasteiger partial charge < -0.3 is 14.6 Å². The van der Waals surface area contributed by atoms with Gasteiger partial charge in [0.25, 0.3) is 0 Å². The van der Waals surface area contributed by atoms with Crippen molar-refractivity contribution in [3.8, 4) is 0 Å². The monoisotopic (exact) mass is 622 g/mol. The third kappa shape index (κ3) is 35.7. The van der Waals surface area contributed by atoms with Crippen LogP contribution in [0.25, 0.3) is 0 Å². The fourth-order valence-corrected chi connectivity index (χ4v) is 4.32. The standard InChI is InChI=1S/C41H66O4/c1-3-5-7-9-11-13-15-17-19-20-21-22-23-24-26-28-30-32-34-36-41(43)45-40(38-42)39-44-37-35-33-31-29-27-25-18-16-14-12-10-8-6-4-2/h5-8,11-14,17-19,21-22,25,29,31,40,42H,3-4,9-10,15-16,20,23-24,26-28,30,32-39H2,1-2H3/b7-5-,8-6-,13-11-,14-12-,19-17-,22-21-,25-18-,31-29-. The van der Waals surface area contributed by atoms with E-state index in [4.69, 9.17) is 9.47 Å². The van der Waals surface area contributed by atoms with E-state index in [0.29, 0.717) is 13.0 Å². The quantitative estimate of drug-likeness (QED) is 0.0475. The van der Waals surface area contributed by atoms with E-state index in [0.717, 1.165) is 89.9 Å². The Morgan fingerprint density at radius 1 is 0.533 bits per heavy atom. The number of aliphatic hydroxyl groups excluding tert-OH is 1. The van der Waals surface area contributed by atoms with Crippen LogP contribution in [-0.4, -0.2) is 37.0 Å². The molecule has 0 aliphatic heterocycles. The maximum atomic E-state index is 12.1. The van der Waals surface area contributed by atoms with E-state index in [1.165, 1.54) is 19.3 Å². The number of hydrogen-bond donors (Lipinski definition) is 1. The largest absolute Gasteiger partial charge is 0.457 e. The first-order valence-corrected chi connectivity index (χ1v) is 17.8. The lowest BCUT2D eigenvalue weighted by molar-refractivity contribution is -0.154. The molecule has 0 rings (SSSR count). The van der Waals surface area contributed by atoms with Crippen LogP contribution in [0.3, 0.4) is 0 Å². The topological polar surface area (TPSA) is 55.8 Å². The number of aliphatic hydroxyl groups is 1. The van der Waals surface area contributed by atoms with Crippen molar-refractivity contribution in [3.05, 3.63) is 97.2 Å². The van der Waals surface area contributed by atoms with Crippen molar-refractivity contribution in [3.63, 3.8) is 0 Å². The van der Waals surface area contributed by atoms with Gasteiger partial charge in [-0.1, -0.05) is 137 Å². The lowest BCUT2D eigenvalue weighted by atomic mass is 10.1. The van der Waals surface area contributed by atoms with Crippen molar-refractivity contribution in [1.29, 1.82) is 0 Å². The minimum atomic E-state index is -0.576. The first kappa shape index (κ1) is 42.3. The highest BCUT2D eigenvalue weighted by molar-refractivity contribution is 5.69. The summed E-state index contributed by atoms with van der Waals surface area (Å²) in [5.74, 6) is -0.239. The molecule has 0 aromatic carbocycles. The predicted molar refractivity (Wildman–Crippen MR) is 195 cm³/mol. The Morgan fingerprint density at radius 2 is 0.933 bits per heavy atom. The smallest absolute Gasteiger partial charge is 0.306 e. The molecular formula is C41H66O4. The number of unbranched alkanes of at least 4 members (excludes halogenated alkanes) is 7. The summed E-state index contributed by atoms with van der Waals surface area (Å²) in [4.78, 5) is 12.1. The highest BCUT2D eigenvalue weighted by Crippen LogP contribution is 2.10. The maximum absolute atomic E-state index is 12.1. The average Bonchev–Trinajstić information content (AvgIpc) is 3.05. The van der Waals surface area contributed by atoms with Gasteiger partial charge in [-0.25, -0.2) is 0 Å². The minimum Gasteiger partial charge on any atom is -0.457 e. The number of carbonyl (C=O) groups is 1. The third-order valence-corrected chi connectivity index (χ3v) is 6.90. The van der Waals surface area contributed by atoms with E-state index in [1.54, 1.807) is 0 Å². The Morgan fingerprint density at radius 3 is 1.40 bits per heavy atom. The molecule has 4 nitrogen and oxygen atoms in total. The molecule has 1 N–H and O–H groups in total. The summed E-state index contributed by atoms with van der Waals surface area (Å²) in [5, 5.41) is 9.54. The number of hydrogen-bond acceptors (Lipinski definition) is 4. The van der Waals surface area contributed by atoms with Gasteiger partial charge in [-0.05, 0) is 83.5 Å². The molecule has 0 spiro atoms. The van der Waals surface area contributed by atoms with Gasteiger partial charge >= 0.3 is 5.97 Å². The molecule has 0 aromatic heterocycles. The van der Waals surface area contributed by atoms with Gasteiger partial charge in [-0.2, -0.15) is 0 Å². The average molecular weight is 623 g/mol. The van der Waals surface area contributed by atoms with Crippen molar-refractivity contribution in [2.24, 2.45) is 0 Å². The van der Waals surface area contributed by atoms with Crippen molar-refractivity contribution in [2.75, 3.05) is 19.8 Å². The molecule has 0 aliphatic carbocycles. The van der Waals surface area contributed by atoms with Gasteiger partial charge in [0.05, 0.1) is 13.2 Å². The summed E-state index contributed by atoms with van der Waals surface area (Å²) in [6, 6.07) is 0. The first-order chi connectivity index (χ1) is 22.2. The third-order valence-electron chi connectivity index (χ3n) is 6.90. The van der Waals surface area contributed by atoms with Gasteiger partial charge in [0, 0.05) is 13.0 Å².